The van der Waals surface area contributed by atoms with Crippen LogP contribution >= 0.6 is 0 Å². The predicted octanol–water partition coefficient (Wildman–Crippen LogP) is 5.98. The van der Waals surface area contributed by atoms with E-state index in [0.29, 0.717) is 35.3 Å². The van der Waals surface area contributed by atoms with Crippen LogP contribution in [0, 0.1) is 11.7 Å². The van der Waals surface area contributed by atoms with E-state index in [1.807, 2.05) is 31.2 Å². The molecule has 4 rings (SSSR count). The minimum atomic E-state index is -0.598. The van der Waals surface area contributed by atoms with E-state index in [1.165, 1.54) is 17.7 Å². The van der Waals surface area contributed by atoms with Crippen LogP contribution in [-0.4, -0.2) is 27.6 Å². The number of amides is 2. The quantitative estimate of drug-likeness (QED) is 0.482. The van der Waals surface area contributed by atoms with Crippen LogP contribution in [0.2, 0.25) is 0 Å². The summed E-state index contributed by atoms with van der Waals surface area (Å²) < 4.78 is 19.7. The van der Waals surface area contributed by atoms with Crippen molar-refractivity contribution in [1.29, 1.82) is 0 Å². The minimum absolute atomic E-state index is 0.221. The molecule has 1 N–H and O–H groups in total. The number of nitrogens with zero attached hydrogens (tertiary/aromatic N) is 3. The summed E-state index contributed by atoms with van der Waals surface area (Å²) in [7, 11) is 0. The number of allylic oxidation sites excluding steroid dienone is 1. The lowest BCUT2D eigenvalue weighted by atomic mass is 9.94. The zero-order valence-corrected chi connectivity index (χ0v) is 19.4. The van der Waals surface area contributed by atoms with E-state index in [1.54, 1.807) is 17.0 Å². The molecule has 0 saturated heterocycles. The van der Waals surface area contributed by atoms with E-state index in [0.717, 1.165) is 24.1 Å². The SMILES string of the molecule is CCc1ccc(-c2noc(C3=C(C)N(CCC(C)C)C(=O)NC3c3cccc(F)c3)n2)cc1. The van der Waals surface area contributed by atoms with Gasteiger partial charge in [-0.1, -0.05) is 62.3 Å². The summed E-state index contributed by atoms with van der Waals surface area (Å²) in [6.07, 6.45) is 1.80. The van der Waals surface area contributed by atoms with Gasteiger partial charge >= 0.3 is 6.03 Å². The van der Waals surface area contributed by atoms with Gasteiger partial charge in [0.1, 0.15) is 5.82 Å². The van der Waals surface area contributed by atoms with Crippen molar-refractivity contribution in [2.24, 2.45) is 5.92 Å². The standard InChI is InChI=1S/C26H29FN4O2/c1-5-18-9-11-19(12-10-18)24-29-25(33-30-24)22-17(4)31(14-13-16(2)3)26(32)28-23(22)20-7-6-8-21(27)15-20/h6-12,15-16,23H,5,13-14H2,1-4H3,(H,28,32). The first kappa shape index (κ1) is 22.7. The maximum Gasteiger partial charge on any atom is 0.322 e. The fraction of sp³-hybridized carbons (Fsp3) is 0.346. The van der Waals surface area contributed by atoms with Gasteiger partial charge in [-0.25, -0.2) is 9.18 Å². The molecule has 6 nitrogen and oxygen atoms in total. The summed E-state index contributed by atoms with van der Waals surface area (Å²) in [6.45, 7) is 8.78. The van der Waals surface area contributed by atoms with Crippen LogP contribution in [0.1, 0.15) is 57.2 Å². The van der Waals surface area contributed by atoms with Crippen LogP contribution in [0.15, 0.2) is 58.8 Å². The molecule has 2 amide bonds. The van der Waals surface area contributed by atoms with E-state index in [9.17, 15) is 9.18 Å². The van der Waals surface area contributed by atoms with Crippen molar-refractivity contribution in [3.05, 3.63) is 77.1 Å². The van der Waals surface area contributed by atoms with Gasteiger partial charge in [-0.2, -0.15) is 4.98 Å². The van der Waals surface area contributed by atoms with Gasteiger partial charge in [-0.3, -0.25) is 4.90 Å². The number of rotatable bonds is 7. The average molecular weight is 449 g/mol. The first-order valence-electron chi connectivity index (χ1n) is 11.3. The number of benzene rings is 2. The fourth-order valence-corrected chi connectivity index (χ4v) is 3.99. The lowest BCUT2D eigenvalue weighted by molar-refractivity contribution is 0.202. The number of aromatic nitrogens is 2. The number of urea groups is 1. The Kier molecular flexibility index (Phi) is 6.58. The van der Waals surface area contributed by atoms with Gasteiger partial charge in [0.15, 0.2) is 0 Å². The van der Waals surface area contributed by atoms with Crippen LogP contribution in [0.5, 0.6) is 0 Å². The average Bonchev–Trinajstić information content (AvgIpc) is 3.28. The van der Waals surface area contributed by atoms with Crippen molar-refractivity contribution in [2.75, 3.05) is 6.54 Å². The Hall–Kier alpha value is -3.48. The molecular weight excluding hydrogens is 419 g/mol. The van der Waals surface area contributed by atoms with Gasteiger partial charge in [0, 0.05) is 17.8 Å². The summed E-state index contributed by atoms with van der Waals surface area (Å²) in [5, 5.41) is 7.20. The molecular formula is C26H29FN4O2. The topological polar surface area (TPSA) is 71.3 Å². The molecule has 2 heterocycles. The molecule has 33 heavy (non-hydrogen) atoms. The minimum Gasteiger partial charge on any atom is -0.334 e. The molecule has 0 fully saturated rings. The Morgan fingerprint density at radius 2 is 1.94 bits per heavy atom. The van der Waals surface area contributed by atoms with Crippen LogP contribution in [0.25, 0.3) is 17.0 Å². The van der Waals surface area contributed by atoms with Crippen molar-refractivity contribution >= 4 is 11.6 Å². The number of aryl methyl sites for hydroxylation is 1. The first-order chi connectivity index (χ1) is 15.9. The zero-order chi connectivity index (χ0) is 23.5. The summed E-state index contributed by atoms with van der Waals surface area (Å²) in [6, 6.07) is 13.4. The van der Waals surface area contributed by atoms with Crippen LogP contribution in [-0.2, 0) is 6.42 Å². The monoisotopic (exact) mass is 448 g/mol. The molecule has 1 unspecified atom stereocenters. The van der Waals surface area contributed by atoms with E-state index in [4.69, 9.17) is 4.52 Å². The number of hydrogen-bond acceptors (Lipinski definition) is 4. The molecule has 0 saturated carbocycles. The second kappa shape index (κ2) is 9.57. The van der Waals surface area contributed by atoms with Gasteiger partial charge in [0.2, 0.25) is 5.82 Å². The van der Waals surface area contributed by atoms with Crippen molar-refractivity contribution in [3.8, 4) is 11.4 Å². The summed E-state index contributed by atoms with van der Waals surface area (Å²) >= 11 is 0. The third-order valence-electron chi connectivity index (χ3n) is 5.99. The fourth-order valence-electron chi connectivity index (χ4n) is 3.99. The molecule has 0 spiro atoms. The molecule has 2 aromatic carbocycles. The number of carbonyl (C=O) groups excluding carboxylic acids is 1. The molecule has 172 valence electrons. The Bertz CT molecular complexity index is 1170. The van der Waals surface area contributed by atoms with Crippen LogP contribution in [0.3, 0.4) is 0 Å². The Morgan fingerprint density at radius 3 is 2.61 bits per heavy atom. The summed E-state index contributed by atoms with van der Waals surface area (Å²) in [4.78, 5) is 19.3. The first-order valence-corrected chi connectivity index (χ1v) is 11.3. The third-order valence-corrected chi connectivity index (χ3v) is 5.99. The molecule has 0 aliphatic carbocycles. The number of halogens is 1. The van der Waals surface area contributed by atoms with Gasteiger partial charge in [0.25, 0.3) is 5.89 Å². The number of carbonyl (C=O) groups is 1. The molecule has 1 aromatic heterocycles. The highest BCUT2D eigenvalue weighted by molar-refractivity contribution is 5.86. The summed E-state index contributed by atoms with van der Waals surface area (Å²) in [5.41, 5.74) is 4.09. The second-order valence-corrected chi connectivity index (χ2v) is 8.74. The van der Waals surface area contributed by atoms with E-state index >= 15 is 0 Å². The van der Waals surface area contributed by atoms with Crippen LogP contribution < -0.4 is 5.32 Å². The highest BCUT2D eigenvalue weighted by Crippen LogP contribution is 2.37. The van der Waals surface area contributed by atoms with E-state index < -0.39 is 6.04 Å². The zero-order valence-electron chi connectivity index (χ0n) is 19.4. The molecule has 0 radical (unpaired) electrons. The molecule has 7 heteroatoms. The number of hydrogen-bond donors (Lipinski definition) is 1. The van der Waals surface area contributed by atoms with Gasteiger partial charge in [0.05, 0.1) is 11.6 Å². The van der Waals surface area contributed by atoms with Crippen LogP contribution in [0.4, 0.5) is 9.18 Å². The van der Waals surface area contributed by atoms with Gasteiger partial charge in [-0.15, -0.1) is 0 Å². The molecule has 1 aliphatic heterocycles. The normalized spacial score (nSPS) is 16.5. The summed E-state index contributed by atoms with van der Waals surface area (Å²) in [5.74, 6) is 0.849. The van der Waals surface area contributed by atoms with Gasteiger partial charge < -0.3 is 9.84 Å². The third kappa shape index (κ3) is 4.82. The largest absolute Gasteiger partial charge is 0.334 e. The van der Waals surface area contributed by atoms with E-state index in [-0.39, 0.29) is 11.8 Å². The maximum absolute atomic E-state index is 14.0. The second-order valence-electron chi connectivity index (χ2n) is 8.74. The highest BCUT2D eigenvalue weighted by Gasteiger charge is 2.35. The lowest BCUT2D eigenvalue weighted by Gasteiger charge is -2.35. The van der Waals surface area contributed by atoms with E-state index in [2.05, 4.69) is 36.2 Å². The number of nitrogens with one attached hydrogen (secondary N) is 1. The molecule has 1 aliphatic rings. The van der Waals surface area contributed by atoms with Gasteiger partial charge in [-0.05, 0) is 48.9 Å². The Morgan fingerprint density at radius 1 is 1.18 bits per heavy atom. The van der Waals surface area contributed by atoms with Crippen molar-refractivity contribution in [1.82, 2.24) is 20.4 Å². The lowest BCUT2D eigenvalue weighted by Crippen LogP contribution is -2.46. The van der Waals surface area contributed by atoms with Crippen molar-refractivity contribution in [3.63, 3.8) is 0 Å². The molecule has 0 bridgehead atoms. The highest BCUT2D eigenvalue weighted by atomic mass is 19.1. The smallest absolute Gasteiger partial charge is 0.322 e. The maximum atomic E-state index is 14.0. The predicted molar refractivity (Wildman–Crippen MR) is 126 cm³/mol. The van der Waals surface area contributed by atoms with Crippen molar-refractivity contribution < 1.29 is 13.7 Å². The Labute approximate surface area is 193 Å². The van der Waals surface area contributed by atoms with Crippen molar-refractivity contribution in [2.45, 2.75) is 46.6 Å². The molecule has 3 aromatic rings. The molecule has 1 atom stereocenters. The Balaban J connectivity index is 1.77.